The molecule has 0 unspecified atom stereocenters. The van der Waals surface area contributed by atoms with Gasteiger partial charge in [0.05, 0.1) is 11.4 Å². The Bertz CT molecular complexity index is 540. The lowest BCUT2D eigenvalue weighted by molar-refractivity contribution is -0.115. The van der Waals surface area contributed by atoms with Crippen LogP contribution in [0.1, 0.15) is 12.5 Å². The highest BCUT2D eigenvalue weighted by Gasteiger charge is 2.14. The van der Waals surface area contributed by atoms with Crippen molar-refractivity contribution in [3.8, 4) is 0 Å². The zero-order valence-corrected chi connectivity index (χ0v) is 11.2. The minimum absolute atomic E-state index is 0.0174. The van der Waals surface area contributed by atoms with E-state index < -0.39 is 10.0 Å². The lowest BCUT2D eigenvalue weighted by Gasteiger charge is -2.11. The number of nitrogens with one attached hydrogen (secondary N) is 2. The highest BCUT2D eigenvalue weighted by Crippen LogP contribution is 2.21. The number of amides is 1. The molecule has 0 aliphatic heterocycles. The summed E-state index contributed by atoms with van der Waals surface area (Å²) in [4.78, 5) is 11.5. The van der Waals surface area contributed by atoms with Crippen LogP contribution in [-0.4, -0.2) is 27.4 Å². The molecule has 4 N–H and O–H groups in total. The van der Waals surface area contributed by atoms with Gasteiger partial charge in [-0.15, -0.1) is 0 Å². The Kier molecular flexibility index (Phi) is 4.83. The fourth-order valence-corrected chi connectivity index (χ4v) is 2.30. The van der Waals surface area contributed by atoms with Crippen molar-refractivity contribution in [3.63, 3.8) is 0 Å². The van der Waals surface area contributed by atoms with Gasteiger partial charge in [-0.3, -0.25) is 4.79 Å². The molecule has 0 atom stereocenters. The van der Waals surface area contributed by atoms with Crippen molar-refractivity contribution in [2.24, 2.45) is 5.14 Å². The lowest BCUT2D eigenvalue weighted by Crippen LogP contribution is -2.28. The van der Waals surface area contributed by atoms with Crippen LogP contribution in [0.3, 0.4) is 0 Å². The van der Waals surface area contributed by atoms with Crippen LogP contribution >= 0.6 is 0 Å². The molecule has 7 heteroatoms. The number of primary sulfonamides is 1. The van der Waals surface area contributed by atoms with Crippen molar-refractivity contribution in [1.29, 1.82) is 0 Å². The summed E-state index contributed by atoms with van der Waals surface area (Å²) in [5.74, 6) is -0.230. The summed E-state index contributed by atoms with van der Waals surface area (Å²) in [6, 6.07) is 4.58. The monoisotopic (exact) mass is 271 g/mol. The van der Waals surface area contributed by atoms with E-state index in [1.807, 2.05) is 6.92 Å². The fourth-order valence-electron chi connectivity index (χ4n) is 1.49. The molecule has 0 spiro atoms. The number of carbonyl (C=O) groups excluding carboxylic acids is 1. The van der Waals surface area contributed by atoms with Crippen molar-refractivity contribution in [3.05, 3.63) is 23.8 Å². The zero-order chi connectivity index (χ0) is 13.8. The van der Waals surface area contributed by atoms with Gasteiger partial charge >= 0.3 is 0 Å². The number of nitrogens with two attached hydrogens (primary N) is 1. The smallest absolute Gasteiger partial charge is 0.238 e. The standard InChI is InChI=1S/C11H17N3O3S/c1-3-13-7-11(15)14-9-5-4-6-10(8(9)2)18(12,16)17/h4-6,13H,3,7H2,1-2H3,(H,14,15)(H2,12,16,17). The first-order valence-corrected chi connectivity index (χ1v) is 7.04. The number of rotatable bonds is 5. The molecule has 0 saturated carbocycles. The predicted octanol–water partition coefficient (Wildman–Crippen LogP) is 0.190. The molecule has 1 aromatic carbocycles. The van der Waals surface area contributed by atoms with Crippen LogP contribution in [0.5, 0.6) is 0 Å². The van der Waals surface area contributed by atoms with Crippen molar-refractivity contribution < 1.29 is 13.2 Å². The average Bonchev–Trinajstić information content (AvgIpc) is 2.27. The molecule has 0 radical (unpaired) electrons. The number of anilines is 1. The van der Waals surface area contributed by atoms with E-state index in [4.69, 9.17) is 5.14 Å². The van der Waals surface area contributed by atoms with Crippen molar-refractivity contribution in [1.82, 2.24) is 5.32 Å². The van der Waals surface area contributed by atoms with Gasteiger partial charge < -0.3 is 10.6 Å². The molecule has 0 bridgehead atoms. The summed E-state index contributed by atoms with van der Waals surface area (Å²) in [6.07, 6.45) is 0. The summed E-state index contributed by atoms with van der Waals surface area (Å²) in [6.45, 7) is 4.35. The summed E-state index contributed by atoms with van der Waals surface area (Å²) in [7, 11) is -3.78. The summed E-state index contributed by atoms with van der Waals surface area (Å²) in [5.41, 5.74) is 0.884. The van der Waals surface area contributed by atoms with Crippen molar-refractivity contribution >= 4 is 21.6 Å². The Morgan fingerprint density at radius 3 is 2.61 bits per heavy atom. The number of hydrogen-bond donors (Lipinski definition) is 3. The normalized spacial score (nSPS) is 11.3. The number of hydrogen-bond acceptors (Lipinski definition) is 4. The molecule has 100 valence electrons. The highest BCUT2D eigenvalue weighted by molar-refractivity contribution is 7.89. The van der Waals surface area contributed by atoms with Crippen LogP contribution in [0.2, 0.25) is 0 Å². The van der Waals surface area contributed by atoms with Gasteiger partial charge in [0.25, 0.3) is 0 Å². The fraction of sp³-hybridized carbons (Fsp3) is 0.364. The van der Waals surface area contributed by atoms with E-state index in [-0.39, 0.29) is 17.3 Å². The molecule has 18 heavy (non-hydrogen) atoms. The van der Waals surface area contributed by atoms with E-state index >= 15 is 0 Å². The van der Waals surface area contributed by atoms with E-state index in [2.05, 4.69) is 10.6 Å². The second-order valence-corrected chi connectivity index (χ2v) is 5.33. The third kappa shape index (κ3) is 3.80. The van der Waals surface area contributed by atoms with Gasteiger partial charge in [0.15, 0.2) is 0 Å². The molecular formula is C11H17N3O3S. The number of sulfonamides is 1. The molecule has 0 aliphatic rings. The van der Waals surface area contributed by atoms with Crippen LogP contribution in [0.15, 0.2) is 23.1 Å². The second kappa shape index (κ2) is 5.94. The van der Waals surface area contributed by atoms with Crippen molar-refractivity contribution in [2.75, 3.05) is 18.4 Å². The van der Waals surface area contributed by atoms with Crippen LogP contribution in [-0.2, 0) is 14.8 Å². The number of carbonyl (C=O) groups is 1. The molecule has 0 heterocycles. The Balaban J connectivity index is 2.95. The van der Waals surface area contributed by atoms with Crippen LogP contribution in [0, 0.1) is 6.92 Å². The summed E-state index contributed by atoms with van der Waals surface area (Å²) >= 11 is 0. The first-order chi connectivity index (χ1) is 8.36. The predicted molar refractivity (Wildman–Crippen MR) is 69.7 cm³/mol. The first kappa shape index (κ1) is 14.6. The maximum atomic E-state index is 11.5. The van der Waals surface area contributed by atoms with Gasteiger partial charge in [-0.2, -0.15) is 0 Å². The van der Waals surface area contributed by atoms with E-state index in [0.717, 1.165) is 0 Å². The van der Waals surface area contributed by atoms with E-state index in [9.17, 15) is 13.2 Å². The van der Waals surface area contributed by atoms with Crippen LogP contribution in [0.25, 0.3) is 0 Å². The number of benzene rings is 1. The van der Waals surface area contributed by atoms with E-state index in [0.29, 0.717) is 17.8 Å². The SMILES string of the molecule is CCNCC(=O)Nc1cccc(S(N)(=O)=O)c1C. The Hall–Kier alpha value is -1.44. The van der Waals surface area contributed by atoms with Crippen LogP contribution < -0.4 is 15.8 Å². The topological polar surface area (TPSA) is 101 Å². The van der Waals surface area contributed by atoms with Crippen LogP contribution in [0.4, 0.5) is 5.69 Å². The third-order valence-electron chi connectivity index (χ3n) is 2.40. The third-order valence-corrected chi connectivity index (χ3v) is 3.46. The second-order valence-electron chi connectivity index (χ2n) is 3.80. The van der Waals surface area contributed by atoms with E-state index in [1.165, 1.54) is 12.1 Å². The highest BCUT2D eigenvalue weighted by atomic mass is 32.2. The molecule has 1 aromatic rings. The number of likely N-dealkylation sites (N-methyl/N-ethyl adjacent to an activating group) is 1. The molecule has 1 rings (SSSR count). The maximum absolute atomic E-state index is 11.5. The van der Waals surface area contributed by atoms with Gasteiger partial charge in [0.1, 0.15) is 0 Å². The molecular weight excluding hydrogens is 254 g/mol. The van der Waals surface area contributed by atoms with Crippen molar-refractivity contribution in [2.45, 2.75) is 18.7 Å². The largest absolute Gasteiger partial charge is 0.325 e. The average molecular weight is 271 g/mol. The molecule has 0 aromatic heterocycles. The quantitative estimate of drug-likeness (QED) is 0.711. The molecule has 0 aliphatic carbocycles. The summed E-state index contributed by atoms with van der Waals surface area (Å²) < 4.78 is 22.6. The van der Waals surface area contributed by atoms with Gasteiger partial charge in [-0.05, 0) is 31.2 Å². The maximum Gasteiger partial charge on any atom is 0.238 e. The van der Waals surface area contributed by atoms with Gasteiger partial charge in [0, 0.05) is 5.69 Å². The molecule has 6 nitrogen and oxygen atoms in total. The Labute approximate surface area is 107 Å². The van der Waals surface area contributed by atoms with E-state index in [1.54, 1.807) is 13.0 Å². The zero-order valence-electron chi connectivity index (χ0n) is 10.4. The first-order valence-electron chi connectivity index (χ1n) is 5.49. The summed E-state index contributed by atoms with van der Waals surface area (Å²) in [5, 5.41) is 10.6. The minimum Gasteiger partial charge on any atom is -0.325 e. The van der Waals surface area contributed by atoms with Gasteiger partial charge in [-0.1, -0.05) is 13.0 Å². The lowest BCUT2D eigenvalue weighted by atomic mass is 10.2. The Morgan fingerprint density at radius 1 is 1.39 bits per heavy atom. The molecule has 0 saturated heterocycles. The molecule has 0 fully saturated rings. The Morgan fingerprint density at radius 2 is 2.06 bits per heavy atom. The van der Waals surface area contributed by atoms with Gasteiger partial charge in [-0.25, -0.2) is 13.6 Å². The molecule has 1 amide bonds. The minimum atomic E-state index is -3.78. The van der Waals surface area contributed by atoms with Gasteiger partial charge in [0.2, 0.25) is 15.9 Å².